The molecule has 0 unspecified atom stereocenters. The Morgan fingerprint density at radius 1 is 1.16 bits per heavy atom. The highest BCUT2D eigenvalue weighted by molar-refractivity contribution is 5.89. The molecule has 25 heavy (non-hydrogen) atoms. The molecule has 0 saturated heterocycles. The Morgan fingerprint density at radius 3 is 2.76 bits per heavy atom. The predicted molar refractivity (Wildman–Crippen MR) is 98.1 cm³/mol. The van der Waals surface area contributed by atoms with Gasteiger partial charge in [0.15, 0.2) is 0 Å². The van der Waals surface area contributed by atoms with Crippen LogP contribution in [0, 0.1) is 13.8 Å². The molecule has 0 atom stereocenters. The van der Waals surface area contributed by atoms with E-state index < -0.39 is 0 Å². The van der Waals surface area contributed by atoms with Crippen molar-refractivity contribution in [2.75, 3.05) is 11.9 Å². The molecule has 1 aliphatic carbocycles. The third-order valence-corrected chi connectivity index (χ3v) is 4.65. The number of nitrogens with one attached hydrogen (secondary N) is 2. The van der Waals surface area contributed by atoms with Gasteiger partial charge in [-0.2, -0.15) is 5.10 Å². The van der Waals surface area contributed by atoms with Gasteiger partial charge in [0.2, 0.25) is 0 Å². The molecule has 0 bridgehead atoms. The van der Waals surface area contributed by atoms with Crippen LogP contribution in [0.5, 0.6) is 0 Å². The van der Waals surface area contributed by atoms with Crippen LogP contribution in [0.3, 0.4) is 0 Å². The maximum Gasteiger partial charge on any atom is 0.319 e. The van der Waals surface area contributed by atoms with Gasteiger partial charge in [-0.1, -0.05) is 6.07 Å². The van der Waals surface area contributed by atoms with Crippen molar-refractivity contribution in [2.45, 2.75) is 46.1 Å². The molecule has 3 rings (SSSR count). The minimum atomic E-state index is -0.283. The summed E-state index contributed by atoms with van der Waals surface area (Å²) >= 11 is 0. The smallest absolute Gasteiger partial charge is 0.319 e. The lowest BCUT2D eigenvalue weighted by Crippen LogP contribution is -2.35. The largest absolute Gasteiger partial charge is 0.336 e. The number of aryl methyl sites for hydroxylation is 4. The second-order valence-corrected chi connectivity index (χ2v) is 6.56. The number of benzene rings is 1. The minimum Gasteiger partial charge on any atom is -0.336 e. The lowest BCUT2D eigenvalue weighted by atomic mass is 9.97. The fourth-order valence-electron chi connectivity index (χ4n) is 3.03. The van der Waals surface area contributed by atoms with Crippen molar-refractivity contribution in [3.05, 3.63) is 57.0 Å². The first kappa shape index (κ1) is 17.2. The van der Waals surface area contributed by atoms with Crippen molar-refractivity contribution in [3.63, 3.8) is 0 Å². The van der Waals surface area contributed by atoms with E-state index in [2.05, 4.69) is 15.7 Å². The monoisotopic (exact) mass is 340 g/mol. The third-order valence-electron chi connectivity index (χ3n) is 4.65. The lowest BCUT2D eigenvalue weighted by Gasteiger charge is -2.16. The molecule has 1 aromatic carbocycles. The summed E-state index contributed by atoms with van der Waals surface area (Å²) in [5.41, 5.74) is 5.06. The summed E-state index contributed by atoms with van der Waals surface area (Å²) in [7, 11) is 0. The van der Waals surface area contributed by atoms with Gasteiger partial charge in [0.25, 0.3) is 5.56 Å². The molecule has 0 saturated carbocycles. The average molecular weight is 340 g/mol. The molecule has 2 amide bonds. The topological polar surface area (TPSA) is 76.0 Å². The summed E-state index contributed by atoms with van der Waals surface area (Å²) in [5.74, 6) is 0. The Kier molecular flexibility index (Phi) is 5.16. The number of fused-ring (bicyclic) bond motifs is 1. The lowest BCUT2D eigenvalue weighted by molar-refractivity contribution is 0.251. The van der Waals surface area contributed by atoms with Crippen LogP contribution in [-0.4, -0.2) is 22.4 Å². The summed E-state index contributed by atoms with van der Waals surface area (Å²) in [6.45, 7) is 4.75. The SMILES string of the molecule is Cc1ccc(NC(=O)NCCn2nc3c(cc2=O)CCCC3)cc1C. The molecular weight excluding hydrogens is 316 g/mol. The Morgan fingerprint density at radius 2 is 1.96 bits per heavy atom. The van der Waals surface area contributed by atoms with Gasteiger partial charge in [-0.3, -0.25) is 4.79 Å². The Labute approximate surface area is 147 Å². The molecular formula is C19H24N4O2. The number of aromatic nitrogens is 2. The minimum absolute atomic E-state index is 0.1000. The van der Waals surface area contributed by atoms with Gasteiger partial charge in [0.05, 0.1) is 12.2 Å². The van der Waals surface area contributed by atoms with E-state index in [1.807, 2.05) is 32.0 Å². The van der Waals surface area contributed by atoms with Crippen LogP contribution in [0.1, 0.15) is 35.2 Å². The number of anilines is 1. The molecule has 2 aromatic rings. The number of hydrogen-bond donors (Lipinski definition) is 2. The zero-order valence-electron chi connectivity index (χ0n) is 14.8. The van der Waals surface area contributed by atoms with Crippen molar-refractivity contribution >= 4 is 11.7 Å². The van der Waals surface area contributed by atoms with Gasteiger partial charge >= 0.3 is 6.03 Å². The van der Waals surface area contributed by atoms with E-state index in [0.29, 0.717) is 13.1 Å². The highest BCUT2D eigenvalue weighted by Gasteiger charge is 2.13. The first-order valence-electron chi connectivity index (χ1n) is 8.75. The van der Waals surface area contributed by atoms with E-state index in [-0.39, 0.29) is 11.6 Å². The molecule has 132 valence electrons. The summed E-state index contributed by atoms with van der Waals surface area (Å²) in [4.78, 5) is 24.1. The average Bonchev–Trinajstić information content (AvgIpc) is 2.58. The molecule has 0 fully saturated rings. The Hall–Kier alpha value is -2.63. The number of hydrogen-bond acceptors (Lipinski definition) is 3. The quantitative estimate of drug-likeness (QED) is 0.898. The van der Waals surface area contributed by atoms with Gasteiger partial charge in [0.1, 0.15) is 0 Å². The van der Waals surface area contributed by atoms with E-state index in [1.165, 1.54) is 10.2 Å². The van der Waals surface area contributed by atoms with Crippen LogP contribution in [0.4, 0.5) is 10.5 Å². The zero-order chi connectivity index (χ0) is 17.8. The van der Waals surface area contributed by atoms with Crippen LogP contribution in [0.15, 0.2) is 29.1 Å². The van der Waals surface area contributed by atoms with E-state index in [1.54, 1.807) is 6.07 Å². The van der Waals surface area contributed by atoms with Gasteiger partial charge in [-0.05, 0) is 68.4 Å². The second kappa shape index (κ2) is 7.51. The maximum atomic E-state index is 12.1. The number of nitrogens with zero attached hydrogens (tertiary/aromatic N) is 2. The number of carbonyl (C=O) groups excluding carboxylic acids is 1. The molecule has 0 spiro atoms. The Balaban J connectivity index is 1.54. The van der Waals surface area contributed by atoms with Gasteiger partial charge < -0.3 is 10.6 Å². The first-order valence-corrected chi connectivity index (χ1v) is 8.75. The Bertz CT molecular complexity index is 842. The number of amides is 2. The van der Waals surface area contributed by atoms with Crippen molar-refractivity contribution < 1.29 is 4.79 Å². The fourth-order valence-corrected chi connectivity index (χ4v) is 3.03. The number of carbonyl (C=O) groups is 1. The third kappa shape index (κ3) is 4.26. The summed E-state index contributed by atoms with van der Waals surface area (Å²) in [6, 6.07) is 7.19. The zero-order valence-corrected chi connectivity index (χ0v) is 14.8. The van der Waals surface area contributed by atoms with E-state index in [9.17, 15) is 9.59 Å². The molecule has 1 heterocycles. The predicted octanol–water partition coefficient (Wildman–Crippen LogP) is 2.56. The molecule has 1 aromatic heterocycles. The summed E-state index contributed by atoms with van der Waals surface area (Å²) < 4.78 is 1.44. The van der Waals surface area contributed by atoms with E-state index in [4.69, 9.17) is 0 Å². The molecule has 0 aliphatic heterocycles. The van der Waals surface area contributed by atoms with Gasteiger partial charge in [-0.25, -0.2) is 9.48 Å². The molecule has 6 nitrogen and oxygen atoms in total. The van der Waals surface area contributed by atoms with Gasteiger partial charge in [0, 0.05) is 18.3 Å². The van der Waals surface area contributed by atoms with E-state index in [0.717, 1.165) is 48.2 Å². The van der Waals surface area contributed by atoms with Gasteiger partial charge in [-0.15, -0.1) is 0 Å². The molecule has 0 radical (unpaired) electrons. The van der Waals surface area contributed by atoms with Crippen LogP contribution in [0.25, 0.3) is 0 Å². The molecule has 6 heteroatoms. The standard InChI is InChI=1S/C19H24N4O2/c1-13-7-8-16(11-14(13)2)21-19(25)20-9-10-23-18(24)12-15-5-3-4-6-17(15)22-23/h7-8,11-12H,3-6,9-10H2,1-2H3,(H2,20,21,25). The van der Waals surface area contributed by atoms with Crippen LogP contribution >= 0.6 is 0 Å². The fraction of sp³-hybridized carbons (Fsp3) is 0.421. The molecule has 2 N–H and O–H groups in total. The van der Waals surface area contributed by atoms with Crippen LogP contribution < -0.4 is 16.2 Å². The summed E-state index contributed by atoms with van der Waals surface area (Å²) in [6.07, 6.45) is 4.11. The second-order valence-electron chi connectivity index (χ2n) is 6.56. The highest BCUT2D eigenvalue weighted by atomic mass is 16.2. The van der Waals surface area contributed by atoms with Crippen molar-refractivity contribution in [3.8, 4) is 0 Å². The summed E-state index contributed by atoms with van der Waals surface area (Å²) in [5, 5.41) is 10.0. The van der Waals surface area contributed by atoms with Crippen molar-refractivity contribution in [1.29, 1.82) is 0 Å². The maximum absolute atomic E-state index is 12.1. The van der Waals surface area contributed by atoms with E-state index >= 15 is 0 Å². The first-order chi connectivity index (χ1) is 12.0. The molecule has 1 aliphatic rings. The number of urea groups is 1. The normalized spacial score (nSPS) is 13.2. The van der Waals surface area contributed by atoms with Crippen LogP contribution in [-0.2, 0) is 19.4 Å². The van der Waals surface area contributed by atoms with Crippen molar-refractivity contribution in [2.24, 2.45) is 0 Å². The number of rotatable bonds is 4. The highest BCUT2D eigenvalue weighted by Crippen LogP contribution is 2.17. The van der Waals surface area contributed by atoms with Crippen LogP contribution in [0.2, 0.25) is 0 Å². The van der Waals surface area contributed by atoms with Crippen molar-refractivity contribution in [1.82, 2.24) is 15.1 Å².